The Hall–Kier alpha value is 0.430. The van der Waals surface area contributed by atoms with Gasteiger partial charge in [0.05, 0.1) is 0 Å². The highest BCUT2D eigenvalue weighted by molar-refractivity contribution is 7.60. The zero-order valence-electron chi connectivity index (χ0n) is 10.4. The molecule has 0 aromatic rings. The lowest BCUT2D eigenvalue weighted by atomic mass is 9.90. The smallest absolute Gasteiger partial charge is 0.0173 e. The Morgan fingerprint density at radius 1 is 0.562 bits per heavy atom. The van der Waals surface area contributed by atoms with Gasteiger partial charge in [0.25, 0.3) is 0 Å². The number of hydrogen-bond acceptors (Lipinski definition) is 0. The third kappa shape index (κ3) is 1.38. The Kier molecular flexibility index (Phi) is 2.57. The van der Waals surface area contributed by atoms with Crippen LogP contribution >= 0.6 is 7.92 Å². The van der Waals surface area contributed by atoms with Crippen molar-refractivity contribution >= 4 is 7.92 Å². The highest BCUT2D eigenvalue weighted by atomic mass is 31.1. The van der Waals surface area contributed by atoms with Crippen molar-refractivity contribution in [3.05, 3.63) is 0 Å². The zero-order chi connectivity index (χ0) is 10.5. The van der Waals surface area contributed by atoms with Crippen LogP contribution in [0.4, 0.5) is 0 Å². The summed E-state index contributed by atoms with van der Waals surface area (Å²) in [7, 11) is 0.473. The molecule has 1 heterocycles. The highest BCUT2D eigenvalue weighted by Gasteiger charge is 2.54. The minimum absolute atomic E-state index is 0.473. The van der Waals surface area contributed by atoms with Crippen molar-refractivity contribution in [3.63, 3.8) is 0 Å². The van der Waals surface area contributed by atoms with Crippen LogP contribution in [0.1, 0.15) is 64.2 Å². The molecule has 0 amide bonds. The van der Waals surface area contributed by atoms with Crippen LogP contribution in [-0.4, -0.2) is 17.0 Å². The maximum Gasteiger partial charge on any atom is -0.0173 e. The van der Waals surface area contributed by atoms with Crippen LogP contribution in [0.5, 0.6) is 0 Å². The molecule has 3 aliphatic carbocycles. The minimum Gasteiger partial charge on any atom is -0.0966 e. The Balaban J connectivity index is 1.63. The molecule has 90 valence electrons. The molecule has 4 fully saturated rings. The van der Waals surface area contributed by atoms with Gasteiger partial charge in [0.1, 0.15) is 0 Å². The van der Waals surface area contributed by atoms with Crippen LogP contribution in [0.15, 0.2) is 0 Å². The van der Waals surface area contributed by atoms with Gasteiger partial charge in [-0.05, 0) is 67.3 Å². The molecule has 0 spiro atoms. The lowest BCUT2D eigenvalue weighted by molar-refractivity contribution is 0.384. The topological polar surface area (TPSA) is 0 Å². The van der Waals surface area contributed by atoms with E-state index in [4.69, 9.17) is 0 Å². The van der Waals surface area contributed by atoms with Crippen LogP contribution < -0.4 is 0 Å². The lowest BCUT2D eigenvalue weighted by Gasteiger charge is -2.30. The number of rotatable bonds is 1. The van der Waals surface area contributed by atoms with Crippen molar-refractivity contribution in [2.45, 2.75) is 81.2 Å². The molecule has 4 aliphatic rings. The normalized spacial score (nSPS) is 52.1. The molecule has 4 rings (SSSR count). The lowest BCUT2D eigenvalue weighted by Crippen LogP contribution is -2.13. The fraction of sp³-hybridized carbons (Fsp3) is 1.00. The van der Waals surface area contributed by atoms with Crippen molar-refractivity contribution in [2.75, 3.05) is 0 Å². The summed E-state index contributed by atoms with van der Waals surface area (Å²) < 4.78 is 0. The van der Waals surface area contributed by atoms with Crippen LogP contribution in [0.2, 0.25) is 0 Å². The van der Waals surface area contributed by atoms with Gasteiger partial charge in [-0.1, -0.05) is 33.6 Å². The zero-order valence-corrected chi connectivity index (χ0v) is 11.3. The van der Waals surface area contributed by atoms with E-state index in [0.717, 1.165) is 0 Å². The van der Waals surface area contributed by atoms with Gasteiger partial charge in [-0.25, -0.2) is 0 Å². The van der Waals surface area contributed by atoms with Crippen molar-refractivity contribution < 1.29 is 0 Å². The standard InChI is InChI=1S/C15H25P/c1-2-6-11(5-1)16-14-9-3-7-12(14)13-8-4-10-15(13)16/h11-15H,1-10H2/t12-,13?,14?,15-,16?/m0/s1. The second-order valence-electron chi connectivity index (χ2n) is 6.71. The molecule has 1 aliphatic heterocycles. The second kappa shape index (κ2) is 3.98. The van der Waals surface area contributed by atoms with Crippen LogP contribution in [-0.2, 0) is 0 Å². The summed E-state index contributed by atoms with van der Waals surface area (Å²) in [6.45, 7) is 0. The first kappa shape index (κ1) is 10.4. The first-order chi connectivity index (χ1) is 7.95. The van der Waals surface area contributed by atoms with E-state index in [-0.39, 0.29) is 0 Å². The predicted octanol–water partition coefficient (Wildman–Crippen LogP) is 4.76. The molecular weight excluding hydrogens is 211 g/mol. The Morgan fingerprint density at radius 3 is 1.69 bits per heavy atom. The summed E-state index contributed by atoms with van der Waals surface area (Å²) in [4.78, 5) is 0. The SMILES string of the molecule is C1CCC(P2C3CCC[C@H]3C3CCC[C@@H]32)C1. The van der Waals surface area contributed by atoms with Gasteiger partial charge < -0.3 is 0 Å². The molecule has 3 saturated carbocycles. The Bertz CT molecular complexity index is 249. The molecule has 1 heteroatoms. The molecule has 0 aromatic heterocycles. The van der Waals surface area contributed by atoms with Gasteiger partial charge in [0.15, 0.2) is 0 Å². The van der Waals surface area contributed by atoms with Crippen LogP contribution in [0, 0.1) is 11.8 Å². The summed E-state index contributed by atoms with van der Waals surface area (Å²) >= 11 is 0. The quantitative estimate of drug-likeness (QED) is 0.576. The maximum atomic E-state index is 1.64. The summed E-state index contributed by atoms with van der Waals surface area (Å²) in [5.41, 5.74) is 3.75. The van der Waals surface area contributed by atoms with Crippen molar-refractivity contribution in [1.29, 1.82) is 0 Å². The average molecular weight is 236 g/mol. The fourth-order valence-corrected chi connectivity index (χ4v) is 10.8. The monoisotopic (exact) mass is 236 g/mol. The minimum atomic E-state index is 0.473. The summed E-state index contributed by atoms with van der Waals surface area (Å²) in [5.74, 6) is 2.44. The first-order valence-electron chi connectivity index (χ1n) is 7.72. The van der Waals surface area contributed by atoms with E-state index in [1.807, 2.05) is 0 Å². The summed E-state index contributed by atoms with van der Waals surface area (Å²) in [5, 5.41) is 0. The highest BCUT2D eigenvalue weighted by Crippen LogP contribution is 2.73. The predicted molar refractivity (Wildman–Crippen MR) is 71.4 cm³/mol. The largest absolute Gasteiger partial charge is 0.0966 e. The van der Waals surface area contributed by atoms with Crippen molar-refractivity contribution in [2.24, 2.45) is 11.8 Å². The van der Waals surface area contributed by atoms with E-state index >= 15 is 0 Å². The van der Waals surface area contributed by atoms with E-state index in [2.05, 4.69) is 0 Å². The molecule has 16 heavy (non-hydrogen) atoms. The maximum absolute atomic E-state index is 1.64. The van der Waals surface area contributed by atoms with E-state index in [9.17, 15) is 0 Å². The Morgan fingerprint density at radius 2 is 1.12 bits per heavy atom. The van der Waals surface area contributed by atoms with E-state index in [1.54, 1.807) is 64.2 Å². The van der Waals surface area contributed by atoms with Gasteiger partial charge in [-0.15, -0.1) is 0 Å². The molecule has 0 aromatic carbocycles. The first-order valence-corrected chi connectivity index (χ1v) is 9.27. The fourth-order valence-electron chi connectivity index (χ4n) is 5.67. The van der Waals surface area contributed by atoms with E-state index in [1.165, 1.54) is 28.8 Å². The van der Waals surface area contributed by atoms with Gasteiger partial charge in [0, 0.05) is 0 Å². The average Bonchev–Trinajstić information content (AvgIpc) is 3.00. The summed E-state index contributed by atoms with van der Waals surface area (Å²) in [6.07, 6.45) is 16.1. The molecule has 0 bridgehead atoms. The van der Waals surface area contributed by atoms with Gasteiger partial charge in [-0.3, -0.25) is 0 Å². The molecule has 1 saturated heterocycles. The third-order valence-electron chi connectivity index (χ3n) is 6.13. The van der Waals surface area contributed by atoms with E-state index < -0.39 is 0 Å². The molecule has 3 unspecified atom stereocenters. The molecule has 5 atom stereocenters. The van der Waals surface area contributed by atoms with Crippen LogP contribution in [0.3, 0.4) is 0 Å². The van der Waals surface area contributed by atoms with E-state index in [0.29, 0.717) is 7.92 Å². The Labute approximate surface area is 101 Å². The third-order valence-corrected chi connectivity index (χ3v) is 10.3. The molecule has 0 N–H and O–H groups in total. The number of hydrogen-bond donors (Lipinski definition) is 0. The van der Waals surface area contributed by atoms with Crippen molar-refractivity contribution in [1.82, 2.24) is 0 Å². The van der Waals surface area contributed by atoms with Crippen LogP contribution in [0.25, 0.3) is 0 Å². The summed E-state index contributed by atoms with van der Waals surface area (Å²) in [6, 6.07) is 0. The molecule has 0 nitrogen and oxygen atoms in total. The second-order valence-corrected chi connectivity index (χ2v) is 9.66. The van der Waals surface area contributed by atoms with Gasteiger partial charge >= 0.3 is 0 Å². The van der Waals surface area contributed by atoms with Gasteiger partial charge in [0.2, 0.25) is 0 Å². The van der Waals surface area contributed by atoms with Gasteiger partial charge in [-0.2, -0.15) is 0 Å². The molecular formula is C15H25P. The molecule has 0 radical (unpaired) electrons. The number of fused-ring (bicyclic) bond motifs is 3. The van der Waals surface area contributed by atoms with Crippen molar-refractivity contribution in [3.8, 4) is 0 Å².